The lowest BCUT2D eigenvalue weighted by Crippen LogP contribution is -2.53. The van der Waals surface area contributed by atoms with Crippen molar-refractivity contribution in [3.8, 4) is 0 Å². The molecule has 4 saturated heterocycles. The summed E-state index contributed by atoms with van der Waals surface area (Å²) in [7, 11) is 0. The van der Waals surface area contributed by atoms with Crippen molar-refractivity contribution in [1.29, 1.82) is 0 Å². The van der Waals surface area contributed by atoms with Crippen molar-refractivity contribution in [3.63, 3.8) is 0 Å². The third-order valence-electron chi connectivity index (χ3n) is 5.48. The van der Waals surface area contributed by atoms with Crippen LogP contribution in [0.25, 0.3) is 0 Å². The fourth-order valence-electron chi connectivity index (χ4n) is 3.15. The van der Waals surface area contributed by atoms with Gasteiger partial charge < -0.3 is 47.7 Å². The third-order valence-corrected chi connectivity index (χ3v) is 5.48. The van der Waals surface area contributed by atoms with Crippen LogP contribution in [0.1, 0.15) is 6.92 Å². The lowest BCUT2D eigenvalue weighted by Gasteiger charge is -2.36. The van der Waals surface area contributed by atoms with Crippen LogP contribution in [0, 0.1) is 0 Å². The monoisotopic (exact) mass is 474 g/mol. The second-order valence-corrected chi connectivity index (χ2v) is 8.73. The molecule has 4 fully saturated rings. The fourth-order valence-corrected chi connectivity index (χ4v) is 3.15. The number of epoxide rings is 4. The SMILES string of the molecule is C=C(C)C(=O)O[C@H](CO)[C@@H](OCC1CO1)[C@H](OCC1CO1)[C@H](COCC1CO1)OCC1CO1. The second-order valence-electron chi connectivity index (χ2n) is 8.73. The molecule has 0 radical (unpaired) electrons. The molecule has 11 heteroatoms. The second kappa shape index (κ2) is 12.0. The Morgan fingerprint density at radius 2 is 1.30 bits per heavy atom. The lowest BCUT2D eigenvalue weighted by atomic mass is 10.0. The number of aliphatic hydroxyl groups is 1. The van der Waals surface area contributed by atoms with Gasteiger partial charge in [0.1, 0.15) is 42.7 Å². The van der Waals surface area contributed by atoms with E-state index >= 15 is 0 Å². The zero-order valence-electron chi connectivity index (χ0n) is 18.9. The number of esters is 1. The van der Waals surface area contributed by atoms with Gasteiger partial charge in [-0.25, -0.2) is 4.79 Å². The van der Waals surface area contributed by atoms with E-state index in [4.69, 9.17) is 42.6 Å². The Balaban J connectivity index is 1.48. The number of aliphatic hydroxyl groups excluding tert-OH is 1. The highest BCUT2D eigenvalue weighted by atomic mass is 16.7. The quantitative estimate of drug-likeness (QED) is 0.144. The molecule has 0 spiro atoms. The van der Waals surface area contributed by atoms with E-state index in [1.807, 2.05) is 0 Å². The highest BCUT2D eigenvalue weighted by Crippen LogP contribution is 2.24. The minimum absolute atomic E-state index is 0.0151. The van der Waals surface area contributed by atoms with Gasteiger partial charge in [0.25, 0.3) is 0 Å². The van der Waals surface area contributed by atoms with Crippen LogP contribution in [0.15, 0.2) is 12.2 Å². The van der Waals surface area contributed by atoms with Crippen LogP contribution in [0.3, 0.4) is 0 Å². The van der Waals surface area contributed by atoms with E-state index in [0.29, 0.717) is 46.2 Å². The fraction of sp³-hybridized carbons (Fsp3) is 0.864. The lowest BCUT2D eigenvalue weighted by molar-refractivity contribution is -0.198. The van der Waals surface area contributed by atoms with Gasteiger partial charge in [-0.1, -0.05) is 6.58 Å². The zero-order valence-corrected chi connectivity index (χ0v) is 18.9. The number of carbonyl (C=O) groups excluding carboxylic acids is 1. The first-order chi connectivity index (χ1) is 16.0. The summed E-state index contributed by atoms with van der Waals surface area (Å²) in [6, 6.07) is 0. The van der Waals surface area contributed by atoms with E-state index in [1.165, 1.54) is 0 Å². The Labute approximate surface area is 193 Å². The van der Waals surface area contributed by atoms with Crippen molar-refractivity contribution in [1.82, 2.24) is 0 Å². The molecule has 0 aliphatic carbocycles. The molecule has 0 amide bonds. The summed E-state index contributed by atoms with van der Waals surface area (Å²) in [6.07, 6.45) is -3.08. The molecule has 0 bridgehead atoms. The van der Waals surface area contributed by atoms with Crippen molar-refractivity contribution in [2.24, 2.45) is 0 Å². The first-order valence-electron chi connectivity index (χ1n) is 11.4. The van der Waals surface area contributed by atoms with Gasteiger partial charge in [-0.3, -0.25) is 0 Å². The van der Waals surface area contributed by atoms with Crippen LogP contribution in [-0.2, 0) is 47.4 Å². The minimum Gasteiger partial charge on any atom is -0.454 e. The van der Waals surface area contributed by atoms with E-state index in [9.17, 15) is 9.90 Å². The molecule has 1 N–H and O–H groups in total. The third kappa shape index (κ3) is 8.85. The molecule has 0 aromatic heterocycles. The van der Waals surface area contributed by atoms with Crippen LogP contribution in [0.2, 0.25) is 0 Å². The number of hydrogen-bond donors (Lipinski definition) is 1. The number of hydrogen-bond acceptors (Lipinski definition) is 11. The van der Waals surface area contributed by atoms with E-state index in [2.05, 4.69) is 6.58 Å². The molecule has 4 rings (SSSR count). The molecule has 4 aliphatic heterocycles. The Morgan fingerprint density at radius 1 is 0.848 bits per heavy atom. The Kier molecular flexibility index (Phi) is 9.08. The summed E-state index contributed by atoms with van der Waals surface area (Å²) in [5.41, 5.74) is 0.216. The maximum atomic E-state index is 12.3. The van der Waals surface area contributed by atoms with Crippen molar-refractivity contribution in [2.45, 2.75) is 55.8 Å². The summed E-state index contributed by atoms with van der Waals surface area (Å²) in [4.78, 5) is 12.3. The van der Waals surface area contributed by atoms with Gasteiger partial charge in [-0.2, -0.15) is 0 Å². The maximum absolute atomic E-state index is 12.3. The highest BCUT2D eigenvalue weighted by Gasteiger charge is 2.43. The molecule has 8 atom stereocenters. The van der Waals surface area contributed by atoms with Gasteiger partial charge in [0, 0.05) is 5.57 Å². The molecule has 33 heavy (non-hydrogen) atoms. The Bertz CT molecular complexity index is 642. The standard InChI is InChI=1S/C22H34O11/c1-13(2)22(24)33-18(3-23)20(31-10-16-7-28-16)21(32-11-17-8-29-17)19(30-9-15-6-27-15)12-25-4-14-5-26-14/h14-21,23H,1,3-12H2,2H3/t14?,15?,16?,17?,18-,19+,20-,21-/m1/s1. The summed E-state index contributed by atoms with van der Waals surface area (Å²) >= 11 is 0. The van der Waals surface area contributed by atoms with Gasteiger partial charge in [0.2, 0.25) is 0 Å². The molecule has 0 saturated carbocycles. The predicted molar refractivity (Wildman–Crippen MR) is 111 cm³/mol. The van der Waals surface area contributed by atoms with Gasteiger partial charge in [0.15, 0.2) is 6.10 Å². The van der Waals surface area contributed by atoms with Crippen LogP contribution in [0.5, 0.6) is 0 Å². The highest BCUT2D eigenvalue weighted by molar-refractivity contribution is 5.87. The molecule has 4 unspecified atom stereocenters. The molecular formula is C22H34O11. The molecule has 0 aromatic rings. The van der Waals surface area contributed by atoms with Gasteiger partial charge in [0.05, 0.1) is 66.1 Å². The summed E-state index contributed by atoms with van der Waals surface area (Å²) in [5, 5.41) is 10.1. The normalized spacial score (nSPS) is 30.7. The number of carbonyl (C=O) groups is 1. The van der Waals surface area contributed by atoms with Gasteiger partial charge in [-0.05, 0) is 6.92 Å². The van der Waals surface area contributed by atoms with Crippen molar-refractivity contribution in [2.75, 3.05) is 66.1 Å². The van der Waals surface area contributed by atoms with Gasteiger partial charge in [-0.15, -0.1) is 0 Å². The van der Waals surface area contributed by atoms with Crippen LogP contribution in [0.4, 0.5) is 0 Å². The molecule has 4 heterocycles. The maximum Gasteiger partial charge on any atom is 0.333 e. The van der Waals surface area contributed by atoms with Crippen molar-refractivity contribution in [3.05, 3.63) is 12.2 Å². The van der Waals surface area contributed by atoms with Gasteiger partial charge >= 0.3 is 5.97 Å². The summed E-state index contributed by atoms with van der Waals surface area (Å²) in [6.45, 7) is 8.78. The Hall–Kier alpha value is -1.15. The first-order valence-corrected chi connectivity index (χ1v) is 11.4. The summed E-state index contributed by atoms with van der Waals surface area (Å²) in [5.74, 6) is -0.624. The topological polar surface area (TPSA) is 134 Å². The van der Waals surface area contributed by atoms with E-state index < -0.39 is 37.0 Å². The molecule has 11 nitrogen and oxygen atoms in total. The average molecular weight is 475 g/mol. The van der Waals surface area contributed by atoms with Crippen molar-refractivity contribution >= 4 is 5.97 Å². The largest absolute Gasteiger partial charge is 0.454 e. The van der Waals surface area contributed by atoms with Crippen LogP contribution in [-0.4, -0.2) is 126 Å². The number of rotatable bonds is 19. The first kappa shape index (κ1) is 25.0. The van der Waals surface area contributed by atoms with Crippen LogP contribution >= 0.6 is 0 Å². The zero-order chi connectivity index (χ0) is 23.2. The molecule has 4 aliphatic rings. The molecule has 0 aromatic carbocycles. The predicted octanol–water partition coefficient (Wildman–Crippen LogP) is -0.766. The summed E-state index contributed by atoms with van der Waals surface area (Å²) < 4.78 is 50.8. The number of ether oxygens (including phenoxy) is 9. The van der Waals surface area contributed by atoms with Crippen LogP contribution < -0.4 is 0 Å². The molecule has 188 valence electrons. The average Bonchev–Trinajstić information content (AvgIpc) is 3.64. The Morgan fingerprint density at radius 3 is 1.76 bits per heavy atom. The smallest absolute Gasteiger partial charge is 0.333 e. The van der Waals surface area contributed by atoms with E-state index in [0.717, 1.165) is 0 Å². The van der Waals surface area contributed by atoms with E-state index in [1.54, 1.807) is 6.92 Å². The minimum atomic E-state index is -1.01. The van der Waals surface area contributed by atoms with Crippen molar-refractivity contribution < 1.29 is 52.5 Å². The van der Waals surface area contributed by atoms with E-state index in [-0.39, 0.29) is 43.2 Å². The molecular weight excluding hydrogens is 440 g/mol.